The summed E-state index contributed by atoms with van der Waals surface area (Å²) in [4.78, 5) is 25.5. The molecule has 0 aliphatic rings. The van der Waals surface area contributed by atoms with E-state index in [0.29, 0.717) is 28.4 Å². The lowest BCUT2D eigenvalue weighted by Crippen LogP contribution is -2.32. The number of carbonyl (C=O) groups is 2. The monoisotopic (exact) mass is 485 g/mol. The molecular formula is C28H27N3O5. The standard InChI is InChI=1S/C28H27N3O5/c1-34-24-17-21(18-25(35-2)26(24)36-3)19-29-31-28(33)23(16-10-13-20-11-6-4-7-12-20)30-27(32)22-14-8-5-9-15-22/h4-19H,1-3H3,(H,30,32)(H,31,33)/b13-10+,23-16-,29-19+. The Morgan fingerprint density at radius 1 is 0.806 bits per heavy atom. The molecule has 2 amide bonds. The number of ether oxygens (including phenoxy) is 3. The molecule has 0 atom stereocenters. The zero-order chi connectivity index (χ0) is 25.8. The van der Waals surface area contributed by atoms with Gasteiger partial charge in [-0.3, -0.25) is 9.59 Å². The third-order valence-electron chi connectivity index (χ3n) is 4.95. The predicted molar refractivity (Wildman–Crippen MR) is 139 cm³/mol. The Kier molecular flexibility index (Phi) is 9.41. The number of carbonyl (C=O) groups excluding carboxylic acids is 2. The fourth-order valence-corrected chi connectivity index (χ4v) is 3.18. The van der Waals surface area contributed by atoms with Crippen LogP contribution >= 0.6 is 0 Å². The number of amides is 2. The molecule has 2 N–H and O–H groups in total. The summed E-state index contributed by atoms with van der Waals surface area (Å²) >= 11 is 0. The van der Waals surface area contributed by atoms with E-state index in [4.69, 9.17) is 14.2 Å². The molecule has 8 nitrogen and oxygen atoms in total. The van der Waals surface area contributed by atoms with Gasteiger partial charge in [0.15, 0.2) is 11.5 Å². The number of nitrogens with zero attached hydrogens (tertiary/aromatic N) is 1. The van der Waals surface area contributed by atoms with Crippen molar-refractivity contribution in [2.75, 3.05) is 21.3 Å². The summed E-state index contributed by atoms with van der Waals surface area (Å²) in [5.74, 6) is 0.331. The number of hydrogen-bond acceptors (Lipinski definition) is 6. The lowest BCUT2D eigenvalue weighted by molar-refractivity contribution is -0.117. The number of rotatable bonds is 10. The van der Waals surface area contributed by atoms with Gasteiger partial charge in [0, 0.05) is 11.1 Å². The molecule has 0 fully saturated rings. The minimum absolute atomic E-state index is 0.0260. The molecule has 184 valence electrons. The van der Waals surface area contributed by atoms with E-state index in [0.717, 1.165) is 5.56 Å². The highest BCUT2D eigenvalue weighted by Gasteiger charge is 2.14. The Hall–Kier alpha value is -4.85. The van der Waals surface area contributed by atoms with Gasteiger partial charge < -0.3 is 19.5 Å². The Bertz CT molecular complexity index is 1240. The number of methoxy groups -OCH3 is 3. The van der Waals surface area contributed by atoms with Crippen molar-refractivity contribution < 1.29 is 23.8 Å². The van der Waals surface area contributed by atoms with Crippen molar-refractivity contribution in [3.05, 3.63) is 107 Å². The molecule has 3 rings (SSSR count). The van der Waals surface area contributed by atoms with Crippen LogP contribution in [0.1, 0.15) is 21.5 Å². The SMILES string of the molecule is COc1cc(/C=N/NC(=O)/C(=C/C=C/c2ccccc2)NC(=O)c2ccccc2)cc(OC)c1OC. The molecular weight excluding hydrogens is 458 g/mol. The van der Waals surface area contributed by atoms with Crippen LogP contribution in [0.4, 0.5) is 0 Å². The molecule has 0 unspecified atom stereocenters. The molecule has 0 spiro atoms. The van der Waals surface area contributed by atoms with Crippen molar-refractivity contribution in [1.29, 1.82) is 0 Å². The van der Waals surface area contributed by atoms with Gasteiger partial charge in [-0.05, 0) is 35.9 Å². The van der Waals surface area contributed by atoms with Gasteiger partial charge in [0.2, 0.25) is 5.75 Å². The van der Waals surface area contributed by atoms with Gasteiger partial charge >= 0.3 is 0 Å². The van der Waals surface area contributed by atoms with Gasteiger partial charge in [-0.2, -0.15) is 5.10 Å². The summed E-state index contributed by atoms with van der Waals surface area (Å²) in [6.07, 6.45) is 6.44. The van der Waals surface area contributed by atoms with E-state index in [9.17, 15) is 9.59 Å². The Morgan fingerprint density at radius 2 is 1.42 bits per heavy atom. The second kappa shape index (κ2) is 13.1. The molecule has 0 saturated heterocycles. The lowest BCUT2D eigenvalue weighted by Gasteiger charge is -2.12. The van der Waals surface area contributed by atoms with Crippen LogP contribution in [0.5, 0.6) is 17.2 Å². The number of hydrazone groups is 1. The van der Waals surface area contributed by atoms with Crippen molar-refractivity contribution in [2.24, 2.45) is 5.10 Å². The average molecular weight is 486 g/mol. The van der Waals surface area contributed by atoms with Crippen LogP contribution in [0.2, 0.25) is 0 Å². The molecule has 3 aromatic rings. The molecule has 8 heteroatoms. The molecule has 0 aliphatic heterocycles. The topological polar surface area (TPSA) is 98.2 Å². The summed E-state index contributed by atoms with van der Waals surface area (Å²) in [6, 6.07) is 21.6. The van der Waals surface area contributed by atoms with Crippen LogP contribution in [0, 0.1) is 0 Å². The molecule has 3 aromatic carbocycles. The highest BCUT2D eigenvalue weighted by atomic mass is 16.5. The number of hydrogen-bond donors (Lipinski definition) is 2. The van der Waals surface area contributed by atoms with E-state index in [-0.39, 0.29) is 5.70 Å². The van der Waals surface area contributed by atoms with E-state index in [1.807, 2.05) is 36.4 Å². The van der Waals surface area contributed by atoms with Gasteiger partial charge in [0.1, 0.15) is 5.70 Å². The van der Waals surface area contributed by atoms with Crippen LogP contribution in [-0.4, -0.2) is 39.4 Å². The number of nitrogens with one attached hydrogen (secondary N) is 2. The fraction of sp³-hybridized carbons (Fsp3) is 0.107. The van der Waals surface area contributed by atoms with Gasteiger partial charge in [-0.1, -0.05) is 60.7 Å². The van der Waals surface area contributed by atoms with Crippen LogP contribution in [0.3, 0.4) is 0 Å². The van der Waals surface area contributed by atoms with E-state index < -0.39 is 11.8 Å². The van der Waals surface area contributed by atoms with Gasteiger partial charge in [-0.25, -0.2) is 5.43 Å². The Balaban J connectivity index is 1.79. The predicted octanol–water partition coefficient (Wildman–Crippen LogP) is 4.19. The minimum atomic E-state index is -0.597. The maximum Gasteiger partial charge on any atom is 0.287 e. The molecule has 0 heterocycles. The summed E-state index contributed by atoms with van der Waals surface area (Å²) < 4.78 is 16.0. The molecule has 0 saturated carbocycles. The van der Waals surface area contributed by atoms with Crippen molar-refractivity contribution in [2.45, 2.75) is 0 Å². The number of allylic oxidation sites excluding steroid dienone is 2. The van der Waals surface area contributed by atoms with Crippen LogP contribution in [0.15, 0.2) is 95.7 Å². The van der Waals surface area contributed by atoms with E-state index in [1.54, 1.807) is 48.5 Å². The second-order valence-corrected chi connectivity index (χ2v) is 7.33. The zero-order valence-corrected chi connectivity index (χ0v) is 20.2. The average Bonchev–Trinajstić information content (AvgIpc) is 2.92. The molecule has 0 aromatic heterocycles. The van der Waals surface area contributed by atoms with Crippen LogP contribution < -0.4 is 25.0 Å². The van der Waals surface area contributed by atoms with E-state index in [2.05, 4.69) is 15.8 Å². The third-order valence-corrected chi connectivity index (χ3v) is 4.95. The minimum Gasteiger partial charge on any atom is -0.493 e. The Labute approximate surface area is 209 Å². The fourth-order valence-electron chi connectivity index (χ4n) is 3.18. The summed E-state index contributed by atoms with van der Waals surface area (Å²) in [5.41, 5.74) is 4.44. The van der Waals surface area contributed by atoms with Gasteiger partial charge in [0.05, 0.1) is 27.5 Å². The molecule has 0 bridgehead atoms. The highest BCUT2D eigenvalue weighted by Crippen LogP contribution is 2.37. The summed E-state index contributed by atoms with van der Waals surface area (Å²) in [7, 11) is 4.53. The first-order chi connectivity index (χ1) is 17.5. The highest BCUT2D eigenvalue weighted by molar-refractivity contribution is 6.03. The second-order valence-electron chi connectivity index (χ2n) is 7.33. The smallest absolute Gasteiger partial charge is 0.287 e. The third kappa shape index (κ3) is 7.07. The van der Waals surface area contributed by atoms with Crippen LogP contribution in [0.25, 0.3) is 6.08 Å². The van der Waals surface area contributed by atoms with Crippen molar-refractivity contribution >= 4 is 24.1 Å². The number of benzene rings is 3. The quantitative estimate of drug-likeness (QED) is 0.194. The van der Waals surface area contributed by atoms with Gasteiger partial charge in [-0.15, -0.1) is 0 Å². The van der Waals surface area contributed by atoms with E-state index >= 15 is 0 Å². The first-order valence-corrected chi connectivity index (χ1v) is 11.0. The maximum atomic E-state index is 12.9. The Morgan fingerprint density at radius 3 is 2.00 bits per heavy atom. The van der Waals surface area contributed by atoms with Crippen molar-refractivity contribution in [3.63, 3.8) is 0 Å². The summed E-state index contributed by atoms with van der Waals surface area (Å²) in [6.45, 7) is 0. The maximum absolute atomic E-state index is 12.9. The molecule has 0 aliphatic carbocycles. The first kappa shape index (κ1) is 25.8. The zero-order valence-electron chi connectivity index (χ0n) is 20.2. The van der Waals surface area contributed by atoms with Gasteiger partial charge in [0.25, 0.3) is 11.8 Å². The normalized spacial score (nSPS) is 11.4. The van der Waals surface area contributed by atoms with E-state index in [1.165, 1.54) is 33.6 Å². The largest absolute Gasteiger partial charge is 0.493 e. The lowest BCUT2D eigenvalue weighted by atomic mass is 10.2. The summed E-state index contributed by atoms with van der Waals surface area (Å²) in [5, 5.41) is 6.67. The first-order valence-electron chi connectivity index (χ1n) is 11.0. The molecule has 0 radical (unpaired) electrons. The van der Waals surface area contributed by atoms with Crippen molar-refractivity contribution in [1.82, 2.24) is 10.7 Å². The molecule has 36 heavy (non-hydrogen) atoms. The van der Waals surface area contributed by atoms with Crippen LogP contribution in [-0.2, 0) is 4.79 Å². The van der Waals surface area contributed by atoms with Crippen molar-refractivity contribution in [3.8, 4) is 17.2 Å².